The SMILES string of the molecule is N#CCN(CC#N)C(=O)c1ccccc1C#CCN. The molecule has 0 aliphatic heterocycles. The molecule has 0 radical (unpaired) electrons. The third-order valence-electron chi connectivity index (χ3n) is 2.29. The van der Waals surface area contributed by atoms with Crippen LogP contribution in [-0.4, -0.2) is 30.4 Å². The molecule has 5 heteroatoms. The van der Waals surface area contributed by atoms with Gasteiger partial charge in [0.2, 0.25) is 0 Å². The van der Waals surface area contributed by atoms with E-state index in [9.17, 15) is 4.79 Å². The predicted molar refractivity (Wildman–Crippen MR) is 69.5 cm³/mol. The Morgan fingerprint density at radius 3 is 2.42 bits per heavy atom. The van der Waals surface area contributed by atoms with Crippen LogP contribution in [0.15, 0.2) is 24.3 Å². The Bertz CT molecular complexity index is 582. The second-order valence-electron chi connectivity index (χ2n) is 3.53. The molecule has 0 saturated carbocycles. The van der Waals surface area contributed by atoms with Crippen LogP contribution in [0, 0.1) is 34.5 Å². The van der Waals surface area contributed by atoms with Crippen molar-refractivity contribution in [2.24, 2.45) is 5.73 Å². The molecule has 0 unspecified atom stereocenters. The highest BCUT2D eigenvalue weighted by atomic mass is 16.2. The number of nitrogens with two attached hydrogens (primary N) is 1. The minimum absolute atomic E-state index is 0.134. The molecule has 0 spiro atoms. The zero-order valence-electron chi connectivity index (χ0n) is 10.3. The summed E-state index contributed by atoms with van der Waals surface area (Å²) in [7, 11) is 0. The van der Waals surface area contributed by atoms with Gasteiger partial charge in [-0.05, 0) is 12.1 Å². The highest BCUT2D eigenvalue weighted by Gasteiger charge is 2.17. The minimum atomic E-state index is -0.384. The quantitative estimate of drug-likeness (QED) is 0.625. The minimum Gasteiger partial charge on any atom is -0.320 e. The molecule has 0 aliphatic rings. The van der Waals surface area contributed by atoms with Crippen LogP contribution >= 0.6 is 0 Å². The number of nitrogens with zero attached hydrogens (tertiary/aromatic N) is 3. The summed E-state index contributed by atoms with van der Waals surface area (Å²) < 4.78 is 0. The van der Waals surface area contributed by atoms with E-state index < -0.39 is 0 Å². The van der Waals surface area contributed by atoms with Gasteiger partial charge in [0.1, 0.15) is 13.1 Å². The zero-order chi connectivity index (χ0) is 14.1. The average molecular weight is 252 g/mol. The van der Waals surface area contributed by atoms with Crippen LogP contribution in [0.4, 0.5) is 0 Å². The van der Waals surface area contributed by atoms with Crippen molar-refractivity contribution in [2.75, 3.05) is 19.6 Å². The fraction of sp³-hybridized carbons (Fsp3) is 0.214. The number of rotatable bonds is 3. The second-order valence-corrected chi connectivity index (χ2v) is 3.53. The lowest BCUT2D eigenvalue weighted by molar-refractivity contribution is 0.0794. The van der Waals surface area contributed by atoms with Crippen molar-refractivity contribution in [2.45, 2.75) is 0 Å². The normalized spacial score (nSPS) is 8.58. The maximum absolute atomic E-state index is 12.2. The van der Waals surface area contributed by atoms with Crippen molar-refractivity contribution in [1.29, 1.82) is 10.5 Å². The van der Waals surface area contributed by atoms with Gasteiger partial charge in [-0.1, -0.05) is 24.0 Å². The number of hydrogen-bond acceptors (Lipinski definition) is 4. The number of hydrogen-bond donors (Lipinski definition) is 1. The number of benzene rings is 1. The van der Waals surface area contributed by atoms with Crippen LogP contribution in [0.25, 0.3) is 0 Å². The van der Waals surface area contributed by atoms with Gasteiger partial charge in [-0.2, -0.15) is 10.5 Å². The molecule has 0 bridgehead atoms. The zero-order valence-corrected chi connectivity index (χ0v) is 10.3. The summed E-state index contributed by atoms with van der Waals surface area (Å²) in [6.07, 6.45) is 0. The molecule has 1 aromatic carbocycles. The van der Waals surface area contributed by atoms with Crippen molar-refractivity contribution in [3.05, 3.63) is 35.4 Å². The summed E-state index contributed by atoms with van der Waals surface area (Å²) in [5, 5.41) is 17.3. The molecule has 0 heterocycles. The number of carbonyl (C=O) groups excluding carboxylic acids is 1. The molecule has 1 aromatic rings. The van der Waals surface area contributed by atoms with E-state index in [2.05, 4.69) is 11.8 Å². The molecular weight excluding hydrogens is 240 g/mol. The number of nitriles is 2. The van der Waals surface area contributed by atoms with Gasteiger partial charge in [0, 0.05) is 5.56 Å². The third kappa shape index (κ3) is 3.85. The highest BCUT2D eigenvalue weighted by Crippen LogP contribution is 2.10. The summed E-state index contributed by atoms with van der Waals surface area (Å²) in [5.41, 5.74) is 6.21. The molecule has 2 N–H and O–H groups in total. The Balaban J connectivity index is 3.11. The maximum atomic E-state index is 12.2. The van der Waals surface area contributed by atoms with Gasteiger partial charge in [0.15, 0.2) is 0 Å². The van der Waals surface area contributed by atoms with Crippen LogP contribution in [-0.2, 0) is 0 Å². The van der Waals surface area contributed by atoms with Gasteiger partial charge >= 0.3 is 0 Å². The molecule has 0 aromatic heterocycles. The molecule has 1 amide bonds. The summed E-state index contributed by atoms with van der Waals surface area (Å²) in [5.74, 6) is 5.10. The largest absolute Gasteiger partial charge is 0.320 e. The van der Waals surface area contributed by atoms with E-state index in [0.29, 0.717) is 11.1 Å². The number of carbonyl (C=O) groups is 1. The van der Waals surface area contributed by atoms with E-state index in [4.69, 9.17) is 16.3 Å². The Labute approximate surface area is 111 Å². The van der Waals surface area contributed by atoms with E-state index in [-0.39, 0.29) is 25.5 Å². The molecule has 5 nitrogen and oxygen atoms in total. The second kappa shape index (κ2) is 7.50. The maximum Gasteiger partial charge on any atom is 0.256 e. The monoisotopic (exact) mass is 252 g/mol. The first-order valence-corrected chi connectivity index (χ1v) is 5.55. The lowest BCUT2D eigenvalue weighted by Crippen LogP contribution is -2.32. The van der Waals surface area contributed by atoms with E-state index >= 15 is 0 Å². The Morgan fingerprint density at radius 2 is 1.84 bits per heavy atom. The first-order valence-electron chi connectivity index (χ1n) is 5.55. The van der Waals surface area contributed by atoms with Crippen LogP contribution in [0.5, 0.6) is 0 Å². The van der Waals surface area contributed by atoms with E-state index in [1.807, 2.05) is 12.1 Å². The lowest BCUT2D eigenvalue weighted by Gasteiger charge is -2.16. The van der Waals surface area contributed by atoms with E-state index in [1.54, 1.807) is 24.3 Å². The molecule has 0 atom stereocenters. The van der Waals surface area contributed by atoms with Crippen molar-refractivity contribution >= 4 is 5.91 Å². The highest BCUT2D eigenvalue weighted by molar-refractivity contribution is 5.97. The van der Waals surface area contributed by atoms with Gasteiger partial charge in [0.05, 0.1) is 24.2 Å². The summed E-state index contributed by atoms with van der Waals surface area (Å²) >= 11 is 0. The molecule has 1 rings (SSSR count). The first kappa shape index (κ1) is 14.3. The topological polar surface area (TPSA) is 93.9 Å². The van der Waals surface area contributed by atoms with E-state index in [1.165, 1.54) is 4.90 Å². The molecule has 0 saturated heterocycles. The van der Waals surface area contributed by atoms with Crippen LogP contribution in [0.2, 0.25) is 0 Å². The molecule has 94 valence electrons. The van der Waals surface area contributed by atoms with Gasteiger partial charge in [-0.15, -0.1) is 0 Å². The van der Waals surface area contributed by atoms with Crippen molar-refractivity contribution in [3.8, 4) is 24.0 Å². The van der Waals surface area contributed by atoms with Crippen LogP contribution in [0.3, 0.4) is 0 Å². The molecular formula is C14H12N4O. The third-order valence-corrected chi connectivity index (χ3v) is 2.29. The van der Waals surface area contributed by atoms with E-state index in [0.717, 1.165) is 0 Å². The molecule has 0 fully saturated rings. The van der Waals surface area contributed by atoms with Gasteiger partial charge in [-0.25, -0.2) is 0 Å². The van der Waals surface area contributed by atoms with Gasteiger partial charge < -0.3 is 10.6 Å². The van der Waals surface area contributed by atoms with Crippen LogP contribution in [0.1, 0.15) is 15.9 Å². The Kier molecular flexibility index (Phi) is 5.63. The first-order chi connectivity index (χ1) is 9.24. The Hall–Kier alpha value is -2.81. The van der Waals surface area contributed by atoms with Crippen molar-refractivity contribution in [1.82, 2.24) is 4.90 Å². The summed E-state index contributed by atoms with van der Waals surface area (Å²) in [6, 6.07) is 10.5. The summed E-state index contributed by atoms with van der Waals surface area (Å²) in [4.78, 5) is 13.4. The van der Waals surface area contributed by atoms with Crippen molar-refractivity contribution < 1.29 is 4.79 Å². The fourth-order valence-corrected chi connectivity index (χ4v) is 1.47. The number of amides is 1. The lowest BCUT2D eigenvalue weighted by atomic mass is 10.1. The summed E-state index contributed by atoms with van der Waals surface area (Å²) in [6.45, 7) is -0.0707. The molecule has 19 heavy (non-hydrogen) atoms. The van der Waals surface area contributed by atoms with Gasteiger partial charge in [0.25, 0.3) is 5.91 Å². The van der Waals surface area contributed by atoms with Crippen LogP contribution < -0.4 is 5.73 Å². The smallest absolute Gasteiger partial charge is 0.256 e. The van der Waals surface area contributed by atoms with Crippen molar-refractivity contribution in [3.63, 3.8) is 0 Å². The standard InChI is InChI=1S/C14H12N4O/c15-7-3-5-12-4-1-2-6-13(12)14(19)18(10-8-16)11-9-17/h1-2,4,6H,7,10-11,15H2. The predicted octanol–water partition coefficient (Wildman–Crippen LogP) is 0.486. The van der Waals surface area contributed by atoms with Gasteiger partial charge in [-0.3, -0.25) is 4.79 Å². The average Bonchev–Trinajstić information content (AvgIpc) is 2.44. The fourth-order valence-electron chi connectivity index (χ4n) is 1.47. The molecule has 0 aliphatic carbocycles. The Morgan fingerprint density at radius 1 is 1.21 bits per heavy atom.